The third kappa shape index (κ3) is 6.57. The molecule has 0 spiro atoms. The maximum Gasteiger partial charge on any atom is 0.412 e. The van der Waals surface area contributed by atoms with E-state index in [-0.39, 0.29) is 0 Å². The van der Waals surface area contributed by atoms with Gasteiger partial charge in [0.15, 0.2) is 5.76 Å². The Labute approximate surface area is 182 Å². The van der Waals surface area contributed by atoms with Crippen LogP contribution >= 0.6 is 0 Å². The van der Waals surface area contributed by atoms with Crippen molar-refractivity contribution in [3.05, 3.63) is 48.9 Å². The number of hydrogen-bond donors (Lipinski definition) is 1. The largest absolute Gasteiger partial charge is 0.496 e. The van der Waals surface area contributed by atoms with Gasteiger partial charge in [0.25, 0.3) is 0 Å². The Hall–Kier alpha value is -3.35. The smallest absolute Gasteiger partial charge is 0.412 e. The van der Waals surface area contributed by atoms with Gasteiger partial charge in [-0.1, -0.05) is 44.2 Å². The zero-order valence-electron chi connectivity index (χ0n) is 18.1. The first-order valence-electron chi connectivity index (χ1n) is 10.7. The molecule has 2 heterocycles. The van der Waals surface area contributed by atoms with E-state index in [1.165, 1.54) is 25.7 Å². The summed E-state index contributed by atoms with van der Waals surface area (Å²) < 4.78 is 16.2. The predicted octanol–water partition coefficient (Wildman–Crippen LogP) is 5.86. The fraction of sp³-hybridized carbons (Fsp3) is 0.375. The van der Waals surface area contributed by atoms with Gasteiger partial charge < -0.3 is 19.3 Å². The van der Waals surface area contributed by atoms with Gasteiger partial charge in [-0.15, -0.1) is 0 Å². The highest BCUT2D eigenvalue weighted by molar-refractivity contribution is 5.77. The molecule has 1 N–H and O–H groups in total. The molecule has 2 aromatic heterocycles. The van der Waals surface area contributed by atoms with Crippen molar-refractivity contribution < 1.29 is 18.8 Å². The summed E-state index contributed by atoms with van der Waals surface area (Å²) in [6.45, 7) is 2.81. The van der Waals surface area contributed by atoms with Crippen LogP contribution in [0.3, 0.4) is 0 Å². The number of nitrogens with one attached hydrogen (secondary N) is 1. The highest BCUT2D eigenvalue weighted by atomic mass is 16.6. The summed E-state index contributed by atoms with van der Waals surface area (Å²) in [6, 6.07) is 8.94. The summed E-state index contributed by atoms with van der Waals surface area (Å²) in [4.78, 5) is 16.5. The van der Waals surface area contributed by atoms with E-state index in [1.54, 1.807) is 50.0 Å². The number of unbranched alkanes of at least 4 members (excludes halogenated alkanes) is 5. The average Bonchev–Trinajstić information content (AvgIpc) is 3.34. The molecular weight excluding hydrogens is 394 g/mol. The number of benzene rings is 1. The molecule has 7 heteroatoms. The minimum absolute atomic E-state index is 0.432. The number of nitrogens with zero attached hydrogens (tertiary/aromatic N) is 2. The molecule has 7 nitrogen and oxygen atoms in total. The van der Waals surface area contributed by atoms with Crippen LogP contribution in [0.5, 0.6) is 11.5 Å². The Morgan fingerprint density at radius 2 is 1.84 bits per heavy atom. The third-order valence-electron chi connectivity index (χ3n) is 4.95. The third-order valence-corrected chi connectivity index (χ3v) is 4.95. The Morgan fingerprint density at radius 3 is 2.61 bits per heavy atom. The molecule has 3 aromatic rings. The molecule has 0 unspecified atom stereocenters. The van der Waals surface area contributed by atoms with Crippen LogP contribution in [0.2, 0.25) is 0 Å². The fourth-order valence-electron chi connectivity index (χ4n) is 3.30. The van der Waals surface area contributed by atoms with E-state index in [9.17, 15) is 4.79 Å². The van der Waals surface area contributed by atoms with Crippen LogP contribution in [0.1, 0.15) is 45.4 Å². The van der Waals surface area contributed by atoms with Crippen LogP contribution in [-0.4, -0.2) is 29.9 Å². The normalized spacial score (nSPS) is 10.6. The number of aromatic nitrogens is 2. The van der Waals surface area contributed by atoms with E-state index < -0.39 is 6.09 Å². The molecule has 0 aliphatic carbocycles. The van der Waals surface area contributed by atoms with E-state index in [1.807, 2.05) is 6.07 Å². The molecule has 3 rings (SSSR count). The van der Waals surface area contributed by atoms with E-state index >= 15 is 0 Å². The molecule has 0 bridgehead atoms. The van der Waals surface area contributed by atoms with Crippen molar-refractivity contribution in [2.75, 3.05) is 13.7 Å². The summed E-state index contributed by atoms with van der Waals surface area (Å²) in [5, 5.41) is 6.55. The number of carbonyl (C=O) groups is 1. The van der Waals surface area contributed by atoms with Crippen LogP contribution in [0.15, 0.2) is 53.4 Å². The van der Waals surface area contributed by atoms with Gasteiger partial charge in [0.05, 0.1) is 13.3 Å². The Balaban J connectivity index is 1.63. The second kappa shape index (κ2) is 11.7. The number of rotatable bonds is 11. The van der Waals surface area contributed by atoms with Crippen LogP contribution in [0.25, 0.3) is 22.5 Å². The molecule has 0 radical (unpaired) electrons. The summed E-state index contributed by atoms with van der Waals surface area (Å²) in [5.74, 6) is 1.70. The van der Waals surface area contributed by atoms with Crippen molar-refractivity contribution in [3.8, 4) is 33.9 Å². The van der Waals surface area contributed by atoms with Gasteiger partial charge in [0.1, 0.15) is 11.5 Å². The monoisotopic (exact) mass is 423 g/mol. The SMILES string of the molecule is CCCCCCCCNC(=O)Oc1ccc(OC)c(-c2cncc(-c3ccno3)c2)c1. The second-order valence-electron chi connectivity index (χ2n) is 7.29. The van der Waals surface area contributed by atoms with E-state index in [4.69, 9.17) is 14.0 Å². The molecule has 0 aliphatic heterocycles. The first-order chi connectivity index (χ1) is 15.2. The molecule has 0 fully saturated rings. The molecule has 0 saturated heterocycles. The first kappa shape index (κ1) is 22.3. The van der Waals surface area contributed by atoms with Gasteiger partial charge in [-0.3, -0.25) is 4.98 Å². The Morgan fingerprint density at radius 1 is 1.03 bits per heavy atom. The molecule has 0 atom stereocenters. The fourth-order valence-corrected chi connectivity index (χ4v) is 3.30. The minimum atomic E-state index is -0.460. The number of carbonyl (C=O) groups excluding carboxylic acids is 1. The predicted molar refractivity (Wildman–Crippen MR) is 119 cm³/mol. The number of amides is 1. The standard InChI is InChI=1S/C24H29N3O4/c1-3-4-5-6-7-8-12-26-24(28)30-20-9-10-23(29-2)21(15-20)18-14-19(17-25-16-18)22-11-13-27-31-22/h9-11,13-17H,3-8,12H2,1-2H3,(H,26,28). The van der Waals surface area contributed by atoms with Crippen molar-refractivity contribution in [1.82, 2.24) is 15.5 Å². The minimum Gasteiger partial charge on any atom is -0.496 e. The van der Waals surface area contributed by atoms with E-state index in [0.29, 0.717) is 23.8 Å². The molecule has 1 amide bonds. The topological polar surface area (TPSA) is 86.5 Å². The number of ether oxygens (including phenoxy) is 2. The zero-order valence-corrected chi connectivity index (χ0v) is 18.1. The van der Waals surface area contributed by atoms with Crippen LogP contribution in [0.4, 0.5) is 4.79 Å². The molecule has 0 saturated carbocycles. The maximum absolute atomic E-state index is 12.2. The average molecular weight is 424 g/mol. The molecular formula is C24H29N3O4. The highest BCUT2D eigenvalue weighted by Crippen LogP contribution is 2.34. The maximum atomic E-state index is 12.2. The number of hydrogen-bond acceptors (Lipinski definition) is 6. The van der Waals surface area contributed by atoms with Gasteiger partial charge >= 0.3 is 6.09 Å². The van der Waals surface area contributed by atoms with E-state index in [0.717, 1.165) is 29.5 Å². The Kier molecular flexibility index (Phi) is 8.46. The lowest BCUT2D eigenvalue weighted by molar-refractivity contribution is 0.200. The summed E-state index contributed by atoms with van der Waals surface area (Å²) in [6.07, 6.45) is 11.6. The zero-order chi connectivity index (χ0) is 21.9. The lowest BCUT2D eigenvalue weighted by atomic mass is 10.0. The summed E-state index contributed by atoms with van der Waals surface area (Å²) in [5.41, 5.74) is 2.36. The summed E-state index contributed by atoms with van der Waals surface area (Å²) in [7, 11) is 1.60. The van der Waals surface area contributed by atoms with Crippen LogP contribution < -0.4 is 14.8 Å². The van der Waals surface area contributed by atoms with Crippen molar-refractivity contribution in [2.24, 2.45) is 0 Å². The molecule has 164 valence electrons. The van der Waals surface area contributed by atoms with Gasteiger partial charge in [-0.2, -0.15) is 0 Å². The first-order valence-corrected chi connectivity index (χ1v) is 10.7. The molecule has 31 heavy (non-hydrogen) atoms. The van der Waals surface area contributed by atoms with Gasteiger partial charge in [0.2, 0.25) is 0 Å². The van der Waals surface area contributed by atoms with Gasteiger partial charge in [-0.25, -0.2) is 4.79 Å². The van der Waals surface area contributed by atoms with Gasteiger partial charge in [-0.05, 0) is 30.7 Å². The lowest BCUT2D eigenvalue weighted by Crippen LogP contribution is -2.27. The van der Waals surface area contributed by atoms with Crippen molar-refractivity contribution in [3.63, 3.8) is 0 Å². The quantitative estimate of drug-likeness (QED) is 0.389. The second-order valence-corrected chi connectivity index (χ2v) is 7.29. The number of methoxy groups -OCH3 is 1. The lowest BCUT2D eigenvalue weighted by Gasteiger charge is -2.12. The summed E-state index contributed by atoms with van der Waals surface area (Å²) >= 11 is 0. The highest BCUT2D eigenvalue weighted by Gasteiger charge is 2.13. The van der Waals surface area contributed by atoms with Gasteiger partial charge in [0, 0.05) is 41.7 Å². The van der Waals surface area contributed by atoms with Crippen LogP contribution in [-0.2, 0) is 0 Å². The number of pyridine rings is 1. The Bertz CT molecular complexity index is 957. The van der Waals surface area contributed by atoms with Crippen LogP contribution in [0, 0.1) is 0 Å². The van der Waals surface area contributed by atoms with Crippen molar-refractivity contribution in [2.45, 2.75) is 45.4 Å². The van der Waals surface area contributed by atoms with Crippen molar-refractivity contribution in [1.29, 1.82) is 0 Å². The molecule has 0 aliphatic rings. The molecule has 1 aromatic carbocycles. The van der Waals surface area contributed by atoms with Crippen molar-refractivity contribution >= 4 is 6.09 Å². The van der Waals surface area contributed by atoms with E-state index in [2.05, 4.69) is 22.4 Å².